The molecule has 1 amide bonds. The zero-order chi connectivity index (χ0) is 16.3. The number of amides is 1. The summed E-state index contributed by atoms with van der Waals surface area (Å²) in [6.07, 6.45) is 9.28. The summed E-state index contributed by atoms with van der Waals surface area (Å²) in [7, 11) is 3.86. The van der Waals surface area contributed by atoms with Crippen LogP contribution in [0.15, 0.2) is 12.4 Å². The highest BCUT2D eigenvalue weighted by molar-refractivity contribution is 5.82. The number of aromatic nitrogens is 2. The molecule has 0 unspecified atom stereocenters. The lowest BCUT2D eigenvalue weighted by Gasteiger charge is -2.33. The first-order valence-electron chi connectivity index (χ1n) is 8.75. The number of piperidine rings is 1. The minimum Gasteiger partial charge on any atom is -0.344 e. The lowest BCUT2D eigenvalue weighted by molar-refractivity contribution is -0.132. The Bertz CT molecular complexity index is 535. The summed E-state index contributed by atoms with van der Waals surface area (Å²) in [5, 5.41) is 11.1. The molecule has 2 fully saturated rings. The van der Waals surface area contributed by atoms with E-state index in [1.54, 1.807) is 0 Å². The van der Waals surface area contributed by atoms with Gasteiger partial charge in [-0.05, 0) is 56.2 Å². The van der Waals surface area contributed by atoms with Crippen LogP contribution in [-0.2, 0) is 18.3 Å². The average molecular weight is 319 g/mol. The molecule has 6 nitrogen and oxygen atoms in total. The Hall–Kier alpha value is -1.40. The fourth-order valence-corrected chi connectivity index (χ4v) is 3.93. The number of aryl methyl sites for hydroxylation is 2. The van der Waals surface area contributed by atoms with Crippen molar-refractivity contribution in [2.24, 2.45) is 12.5 Å². The first-order chi connectivity index (χ1) is 11.1. The highest BCUT2D eigenvalue weighted by atomic mass is 16.2. The third-order valence-corrected chi connectivity index (χ3v) is 5.42. The monoisotopic (exact) mass is 319 g/mol. The van der Waals surface area contributed by atoms with Crippen LogP contribution in [0.25, 0.3) is 0 Å². The highest BCUT2D eigenvalue weighted by Gasteiger charge is 2.42. The van der Waals surface area contributed by atoms with Crippen molar-refractivity contribution in [1.29, 1.82) is 0 Å². The maximum atomic E-state index is 12.6. The number of rotatable bonds is 5. The molecule has 0 radical (unpaired) electrons. The Labute approximate surface area is 138 Å². The van der Waals surface area contributed by atoms with Gasteiger partial charge in [0.05, 0.1) is 12.2 Å². The molecule has 2 aliphatic rings. The summed E-state index contributed by atoms with van der Waals surface area (Å²) < 4.78 is 1.82. The summed E-state index contributed by atoms with van der Waals surface area (Å²) in [5.41, 5.74) is 1.59. The standard InChI is InChI=1S/C17H29N5O/c1-21(9-3-4-14-11-20-22(2)12-14)16(23)15-10-17(13-19-15)5-7-18-8-6-17/h11-12,15,18-19H,3-10,13H2,1-2H3/t15-/m0/s1. The molecule has 1 atom stereocenters. The molecule has 6 heteroatoms. The van der Waals surface area contributed by atoms with E-state index in [1.165, 1.54) is 18.4 Å². The fourth-order valence-electron chi connectivity index (χ4n) is 3.93. The topological polar surface area (TPSA) is 62.2 Å². The number of carbonyl (C=O) groups excluding carboxylic acids is 1. The molecule has 0 aliphatic carbocycles. The van der Waals surface area contributed by atoms with E-state index in [1.807, 2.05) is 36.1 Å². The van der Waals surface area contributed by atoms with Gasteiger partial charge >= 0.3 is 0 Å². The zero-order valence-corrected chi connectivity index (χ0v) is 14.3. The molecule has 2 saturated heterocycles. The van der Waals surface area contributed by atoms with Crippen molar-refractivity contribution in [3.63, 3.8) is 0 Å². The van der Waals surface area contributed by atoms with Gasteiger partial charge in [-0.1, -0.05) is 0 Å². The van der Waals surface area contributed by atoms with Crippen molar-refractivity contribution < 1.29 is 4.79 Å². The molecule has 3 rings (SSSR count). The predicted molar refractivity (Wildman–Crippen MR) is 90.1 cm³/mol. The number of likely N-dealkylation sites (N-methyl/N-ethyl adjacent to an activating group) is 1. The zero-order valence-electron chi connectivity index (χ0n) is 14.3. The summed E-state index contributed by atoms with van der Waals surface area (Å²) >= 11 is 0. The Morgan fingerprint density at radius 3 is 2.96 bits per heavy atom. The minimum atomic E-state index is 0.0106. The summed E-state index contributed by atoms with van der Waals surface area (Å²) in [6, 6.07) is 0.0106. The van der Waals surface area contributed by atoms with E-state index >= 15 is 0 Å². The molecule has 128 valence electrons. The lowest BCUT2D eigenvalue weighted by atomic mass is 9.77. The number of hydrogen-bond donors (Lipinski definition) is 2. The second-order valence-electron chi connectivity index (χ2n) is 7.27. The molecule has 3 heterocycles. The van der Waals surface area contributed by atoms with Gasteiger partial charge < -0.3 is 15.5 Å². The van der Waals surface area contributed by atoms with Crippen LogP contribution in [0.4, 0.5) is 0 Å². The van der Waals surface area contributed by atoms with E-state index < -0.39 is 0 Å². The molecule has 23 heavy (non-hydrogen) atoms. The second kappa shape index (κ2) is 7.01. The molecular weight excluding hydrogens is 290 g/mol. The van der Waals surface area contributed by atoms with E-state index in [0.29, 0.717) is 5.41 Å². The highest BCUT2D eigenvalue weighted by Crippen LogP contribution is 2.37. The van der Waals surface area contributed by atoms with Crippen LogP contribution >= 0.6 is 0 Å². The van der Waals surface area contributed by atoms with Crippen LogP contribution in [0.3, 0.4) is 0 Å². The van der Waals surface area contributed by atoms with Crippen LogP contribution < -0.4 is 10.6 Å². The lowest BCUT2D eigenvalue weighted by Crippen LogP contribution is -2.42. The Kier molecular flexibility index (Phi) is 5.02. The minimum absolute atomic E-state index is 0.0106. The molecule has 0 bridgehead atoms. The maximum Gasteiger partial charge on any atom is 0.239 e. The number of nitrogens with zero attached hydrogens (tertiary/aromatic N) is 3. The van der Waals surface area contributed by atoms with Gasteiger partial charge in [0.15, 0.2) is 0 Å². The molecule has 1 spiro atoms. The molecule has 0 aromatic carbocycles. The van der Waals surface area contributed by atoms with Crippen LogP contribution in [0.2, 0.25) is 0 Å². The average Bonchev–Trinajstić information content (AvgIpc) is 3.14. The third-order valence-electron chi connectivity index (χ3n) is 5.42. The van der Waals surface area contributed by atoms with Gasteiger partial charge in [-0.25, -0.2) is 0 Å². The van der Waals surface area contributed by atoms with Gasteiger partial charge in [0.25, 0.3) is 0 Å². The van der Waals surface area contributed by atoms with E-state index in [9.17, 15) is 4.79 Å². The second-order valence-corrected chi connectivity index (χ2v) is 7.27. The predicted octanol–water partition coefficient (Wildman–Crippen LogP) is 0.543. The maximum absolute atomic E-state index is 12.6. The van der Waals surface area contributed by atoms with Crippen LogP contribution in [0.5, 0.6) is 0 Å². The van der Waals surface area contributed by atoms with Gasteiger partial charge in [0, 0.05) is 33.4 Å². The van der Waals surface area contributed by atoms with Crippen molar-refractivity contribution in [2.45, 2.75) is 38.1 Å². The molecule has 0 saturated carbocycles. The summed E-state index contributed by atoms with van der Waals surface area (Å²) in [6.45, 7) is 3.97. The van der Waals surface area contributed by atoms with E-state index in [-0.39, 0.29) is 11.9 Å². The Morgan fingerprint density at radius 1 is 1.48 bits per heavy atom. The molecule has 2 N–H and O–H groups in total. The summed E-state index contributed by atoms with van der Waals surface area (Å²) in [4.78, 5) is 14.5. The van der Waals surface area contributed by atoms with Crippen LogP contribution in [0.1, 0.15) is 31.2 Å². The van der Waals surface area contributed by atoms with Crippen molar-refractivity contribution in [3.8, 4) is 0 Å². The molecule has 1 aromatic rings. The van der Waals surface area contributed by atoms with Crippen molar-refractivity contribution in [3.05, 3.63) is 18.0 Å². The van der Waals surface area contributed by atoms with E-state index in [4.69, 9.17) is 0 Å². The fraction of sp³-hybridized carbons (Fsp3) is 0.765. The van der Waals surface area contributed by atoms with Gasteiger partial charge in [0.1, 0.15) is 0 Å². The Morgan fingerprint density at radius 2 is 2.26 bits per heavy atom. The van der Waals surface area contributed by atoms with Gasteiger partial charge in [-0.2, -0.15) is 5.10 Å². The molecule has 1 aromatic heterocycles. The van der Waals surface area contributed by atoms with Gasteiger partial charge in [-0.3, -0.25) is 9.48 Å². The SMILES string of the molecule is CN(CCCc1cnn(C)c1)C(=O)[C@@H]1CC2(CCNCC2)CN1. The molecular formula is C17H29N5O. The van der Waals surface area contributed by atoms with E-state index in [0.717, 1.165) is 45.4 Å². The van der Waals surface area contributed by atoms with Crippen molar-refractivity contribution in [1.82, 2.24) is 25.3 Å². The normalized spacial score (nSPS) is 23.3. The van der Waals surface area contributed by atoms with E-state index in [2.05, 4.69) is 15.7 Å². The first-order valence-corrected chi connectivity index (χ1v) is 8.75. The quantitative estimate of drug-likeness (QED) is 0.832. The number of hydrogen-bond acceptors (Lipinski definition) is 4. The first kappa shape index (κ1) is 16.5. The largest absolute Gasteiger partial charge is 0.344 e. The smallest absolute Gasteiger partial charge is 0.239 e. The van der Waals surface area contributed by atoms with Crippen molar-refractivity contribution in [2.75, 3.05) is 33.2 Å². The molecule has 2 aliphatic heterocycles. The van der Waals surface area contributed by atoms with Crippen LogP contribution in [0, 0.1) is 5.41 Å². The third kappa shape index (κ3) is 3.93. The Balaban J connectivity index is 1.44. The van der Waals surface area contributed by atoms with Gasteiger partial charge in [0.2, 0.25) is 5.91 Å². The summed E-state index contributed by atoms with van der Waals surface area (Å²) in [5.74, 6) is 0.256. The van der Waals surface area contributed by atoms with Gasteiger partial charge in [-0.15, -0.1) is 0 Å². The number of carbonyl (C=O) groups is 1. The van der Waals surface area contributed by atoms with Crippen molar-refractivity contribution >= 4 is 5.91 Å². The number of nitrogens with one attached hydrogen (secondary N) is 2. The van der Waals surface area contributed by atoms with Crippen LogP contribution in [-0.4, -0.2) is 59.9 Å².